The second-order valence-corrected chi connectivity index (χ2v) is 11.6. The number of esters is 2. The Morgan fingerprint density at radius 3 is 2.26 bits per heavy atom. The number of halogens is 3. The molecule has 2 aromatic carbocycles. The van der Waals surface area contributed by atoms with Crippen molar-refractivity contribution in [3.63, 3.8) is 0 Å². The number of fused-ring (bicyclic) bond motifs is 1. The number of hydrogen-bond acceptors (Lipinski definition) is 12. The second kappa shape index (κ2) is 16.1. The van der Waals surface area contributed by atoms with E-state index in [2.05, 4.69) is 20.0 Å². The Bertz CT molecular complexity index is 1450. The van der Waals surface area contributed by atoms with E-state index in [0.717, 1.165) is 22.9 Å². The van der Waals surface area contributed by atoms with Crippen LogP contribution in [0.1, 0.15) is 36.8 Å². The van der Waals surface area contributed by atoms with E-state index >= 15 is 0 Å². The van der Waals surface area contributed by atoms with Crippen LogP contribution in [-0.2, 0) is 37.0 Å². The second-order valence-electron chi connectivity index (χ2n) is 10.9. The van der Waals surface area contributed by atoms with Crippen LogP contribution in [0.25, 0.3) is 0 Å². The van der Waals surface area contributed by atoms with E-state index in [9.17, 15) is 37.8 Å². The van der Waals surface area contributed by atoms with Crippen LogP contribution in [-0.4, -0.2) is 93.6 Å². The number of hydrogen-bond donors (Lipinski definition) is 3. The first kappa shape index (κ1) is 35.7. The lowest BCUT2D eigenvalue weighted by Crippen LogP contribution is -2.46. The average molecular weight is 681 g/mol. The Labute approximate surface area is 273 Å². The van der Waals surface area contributed by atoms with Crippen LogP contribution >= 0.6 is 11.8 Å². The van der Waals surface area contributed by atoms with Gasteiger partial charge in [-0.3, -0.25) is 0 Å². The van der Waals surface area contributed by atoms with Crippen molar-refractivity contribution in [1.82, 2.24) is 10.2 Å². The van der Waals surface area contributed by atoms with Crippen molar-refractivity contribution in [3.8, 4) is 0 Å². The normalized spacial score (nSPS) is 21.4. The van der Waals surface area contributed by atoms with Crippen molar-refractivity contribution >= 4 is 40.8 Å². The maximum Gasteiger partial charge on any atom is 0.490 e. The number of amides is 1. The molecule has 0 spiro atoms. The lowest BCUT2D eigenvalue weighted by Gasteiger charge is -2.29. The van der Waals surface area contributed by atoms with Crippen LogP contribution < -0.4 is 5.32 Å². The zero-order chi connectivity index (χ0) is 34.0. The fourth-order valence-electron chi connectivity index (χ4n) is 4.97. The Hall–Kier alpha value is -4.15. The van der Waals surface area contributed by atoms with E-state index in [0.29, 0.717) is 0 Å². The molecule has 2 aliphatic heterocycles. The van der Waals surface area contributed by atoms with Gasteiger partial charge < -0.3 is 34.6 Å². The van der Waals surface area contributed by atoms with Crippen molar-refractivity contribution in [1.29, 1.82) is 0 Å². The number of ether oxygens (including phenoxy) is 3. The van der Waals surface area contributed by atoms with Gasteiger partial charge in [-0.15, -0.1) is 0 Å². The molecule has 2 heterocycles. The number of rotatable bonds is 12. The lowest BCUT2D eigenvalue weighted by atomic mass is 10.0. The molecule has 1 amide bonds. The van der Waals surface area contributed by atoms with Gasteiger partial charge in [0.15, 0.2) is 11.0 Å². The first-order valence-electron chi connectivity index (χ1n) is 14.7. The van der Waals surface area contributed by atoms with Crippen LogP contribution in [0.15, 0.2) is 70.6 Å². The number of aliphatic hydroxyl groups is 2. The lowest BCUT2D eigenvalue weighted by molar-refractivity contribution is -0.210. The van der Waals surface area contributed by atoms with Gasteiger partial charge in [0.1, 0.15) is 25.4 Å². The third kappa shape index (κ3) is 10.2. The third-order valence-corrected chi connectivity index (χ3v) is 7.87. The smallest absolute Gasteiger partial charge is 0.459 e. The third-order valence-electron chi connectivity index (χ3n) is 7.32. The molecule has 1 unspecified atom stereocenters. The Kier molecular flexibility index (Phi) is 12.2. The molecule has 3 N–H and O–H groups in total. The van der Waals surface area contributed by atoms with E-state index in [4.69, 9.17) is 9.47 Å². The molecular formula is C31H35F3N4O8S. The van der Waals surface area contributed by atoms with Gasteiger partial charge in [-0.1, -0.05) is 72.4 Å². The van der Waals surface area contributed by atoms with Crippen molar-refractivity contribution in [2.24, 2.45) is 9.98 Å². The first-order chi connectivity index (χ1) is 22.4. The van der Waals surface area contributed by atoms with E-state index in [1.807, 2.05) is 12.1 Å². The summed E-state index contributed by atoms with van der Waals surface area (Å²) in [6.45, 7) is -0.394. The predicted octanol–water partition coefficient (Wildman–Crippen LogP) is 3.56. The number of alkyl carbamates (subject to hydrolysis) is 1. The number of benzene rings is 2. The summed E-state index contributed by atoms with van der Waals surface area (Å²) < 4.78 is 54.2. The van der Waals surface area contributed by atoms with Crippen LogP contribution in [0.3, 0.4) is 0 Å². The van der Waals surface area contributed by atoms with E-state index < -0.39 is 61.1 Å². The van der Waals surface area contributed by atoms with Gasteiger partial charge >= 0.3 is 24.2 Å². The molecule has 1 fully saturated rings. The minimum absolute atomic E-state index is 0.00658. The SMILES string of the molecule is CSC1=NC2(O)C[C@H](O)[C@H](OC(=O)C(F)(F)F)CN(CCCC[C@H](NC(=O)OCc3ccccc3)C(=O)OCc3ccccc3)C2=N1. The molecule has 1 saturated heterocycles. The van der Waals surface area contributed by atoms with Crippen LogP contribution in [0.4, 0.5) is 18.0 Å². The number of carbonyl (C=O) groups is 3. The zero-order valence-corrected chi connectivity index (χ0v) is 26.2. The van der Waals surface area contributed by atoms with Crippen molar-refractivity contribution < 1.29 is 52.0 Å². The van der Waals surface area contributed by atoms with Gasteiger partial charge in [0.2, 0.25) is 5.72 Å². The highest BCUT2D eigenvalue weighted by molar-refractivity contribution is 8.13. The van der Waals surface area contributed by atoms with E-state index in [1.54, 1.807) is 54.8 Å². The minimum Gasteiger partial charge on any atom is -0.459 e. The highest BCUT2D eigenvalue weighted by atomic mass is 32.2. The monoisotopic (exact) mass is 680 g/mol. The van der Waals surface area contributed by atoms with Gasteiger partial charge in [-0.05, 0) is 36.6 Å². The van der Waals surface area contributed by atoms with Gasteiger partial charge in [0.05, 0.1) is 12.6 Å². The Balaban J connectivity index is 1.41. The summed E-state index contributed by atoms with van der Waals surface area (Å²) in [4.78, 5) is 47.1. The summed E-state index contributed by atoms with van der Waals surface area (Å²) in [6, 6.07) is 16.8. The maximum atomic E-state index is 13.1. The molecule has 0 radical (unpaired) electrons. The largest absolute Gasteiger partial charge is 0.490 e. The summed E-state index contributed by atoms with van der Waals surface area (Å²) in [5.74, 6) is -3.18. The predicted molar refractivity (Wildman–Crippen MR) is 165 cm³/mol. The molecule has 16 heteroatoms. The van der Waals surface area contributed by atoms with Gasteiger partial charge in [0.25, 0.3) is 0 Å². The molecule has 0 saturated carbocycles. The van der Waals surface area contributed by atoms with Crippen molar-refractivity contribution in [2.75, 3.05) is 19.3 Å². The molecule has 254 valence electrons. The van der Waals surface area contributed by atoms with E-state index in [-0.39, 0.29) is 50.0 Å². The molecule has 0 aliphatic carbocycles. The molecule has 0 aromatic heterocycles. The van der Waals surface area contributed by atoms with Gasteiger partial charge in [-0.2, -0.15) is 13.2 Å². The van der Waals surface area contributed by atoms with Gasteiger partial charge in [-0.25, -0.2) is 24.4 Å². The Morgan fingerprint density at radius 1 is 1.04 bits per heavy atom. The van der Waals surface area contributed by atoms with Gasteiger partial charge in [0, 0.05) is 13.0 Å². The van der Waals surface area contributed by atoms with Crippen molar-refractivity contribution in [2.45, 2.75) is 69.0 Å². The number of alkyl halides is 3. The zero-order valence-electron chi connectivity index (χ0n) is 25.4. The number of nitrogens with zero attached hydrogens (tertiary/aromatic N) is 3. The molecular weight excluding hydrogens is 645 g/mol. The molecule has 0 bridgehead atoms. The van der Waals surface area contributed by atoms with E-state index in [1.165, 1.54) is 4.90 Å². The molecule has 47 heavy (non-hydrogen) atoms. The average Bonchev–Trinajstić information content (AvgIpc) is 3.34. The molecule has 2 aromatic rings. The summed E-state index contributed by atoms with van der Waals surface area (Å²) in [7, 11) is 0. The number of nitrogens with one attached hydrogen (secondary N) is 1. The highest BCUT2D eigenvalue weighted by Crippen LogP contribution is 2.33. The number of carbonyl (C=O) groups excluding carboxylic acids is 3. The fourth-order valence-corrected chi connectivity index (χ4v) is 5.39. The summed E-state index contributed by atoms with van der Waals surface area (Å²) in [5, 5.41) is 24.6. The summed E-state index contributed by atoms with van der Waals surface area (Å²) in [6.07, 6.45) is -7.66. The topological polar surface area (TPSA) is 159 Å². The molecule has 2 aliphatic rings. The Morgan fingerprint density at radius 2 is 1.66 bits per heavy atom. The first-order valence-corrected chi connectivity index (χ1v) is 15.9. The molecule has 12 nitrogen and oxygen atoms in total. The molecule has 4 atom stereocenters. The number of aliphatic imine (C=N–C) groups is 2. The van der Waals surface area contributed by atoms with Crippen LogP contribution in [0.2, 0.25) is 0 Å². The number of aliphatic hydroxyl groups excluding tert-OH is 1. The summed E-state index contributed by atoms with van der Waals surface area (Å²) in [5.41, 5.74) is -0.562. The number of likely N-dealkylation sites (tertiary alicyclic amines) is 1. The number of thioether (sulfide) groups is 1. The quantitative estimate of drug-likeness (QED) is 0.172. The number of amidine groups is 2. The fraction of sp³-hybridized carbons (Fsp3) is 0.452. The minimum atomic E-state index is -5.29. The standard InChI is InChI=1S/C31H35F3N4O8S/c1-47-28-36-26-30(43,37-28)16-23(39)24(46-27(41)31(32,33)34)17-38(26)15-9-8-14-22(25(40)44-18-20-10-4-2-5-11-20)35-29(42)45-19-21-12-6-3-7-13-21/h2-7,10-13,22-24,39,43H,8-9,14-19H2,1H3,(H,35,42)/t22-,23-,24+,30?/m0/s1. The maximum absolute atomic E-state index is 13.1. The molecule has 4 rings (SSSR count). The summed E-state index contributed by atoms with van der Waals surface area (Å²) >= 11 is 1.13. The van der Waals surface area contributed by atoms with Crippen LogP contribution in [0, 0.1) is 0 Å². The highest BCUT2D eigenvalue weighted by Gasteiger charge is 2.50. The van der Waals surface area contributed by atoms with Crippen molar-refractivity contribution in [3.05, 3.63) is 71.8 Å². The number of unbranched alkanes of at least 4 members (excludes halogenated alkanes) is 1. The van der Waals surface area contributed by atoms with Crippen LogP contribution in [0.5, 0.6) is 0 Å².